The highest BCUT2D eigenvalue weighted by molar-refractivity contribution is 6.34. The summed E-state index contributed by atoms with van der Waals surface area (Å²) in [5.41, 5.74) is 10.6. The Morgan fingerprint density at radius 1 is 1.00 bits per heavy atom. The Labute approximate surface area is 106 Å². The van der Waals surface area contributed by atoms with Gasteiger partial charge in [0.25, 0.3) is 0 Å². The van der Waals surface area contributed by atoms with Gasteiger partial charge in [0, 0.05) is 11.4 Å². The second-order valence-corrected chi connectivity index (χ2v) is 4.51. The fourth-order valence-electron chi connectivity index (χ4n) is 1.66. The van der Waals surface area contributed by atoms with Crippen LogP contribution in [0.2, 0.25) is 5.02 Å². The monoisotopic (exact) mass is 246 g/mol. The normalized spacial score (nSPS) is 10.3. The van der Waals surface area contributed by atoms with Crippen molar-refractivity contribution in [2.75, 3.05) is 11.1 Å². The Bertz CT molecular complexity index is 550. The van der Waals surface area contributed by atoms with Crippen LogP contribution < -0.4 is 11.1 Å². The summed E-state index contributed by atoms with van der Waals surface area (Å²) in [5, 5.41) is 4.05. The van der Waals surface area contributed by atoms with Gasteiger partial charge >= 0.3 is 0 Å². The zero-order chi connectivity index (χ0) is 12.4. The van der Waals surface area contributed by atoms with Crippen molar-refractivity contribution in [3.63, 3.8) is 0 Å². The number of anilines is 3. The highest BCUT2D eigenvalue weighted by Crippen LogP contribution is 2.30. The number of benzene rings is 2. The molecule has 0 unspecified atom stereocenters. The van der Waals surface area contributed by atoms with Crippen LogP contribution in [0.15, 0.2) is 36.4 Å². The number of hydrogen-bond acceptors (Lipinski definition) is 2. The quantitative estimate of drug-likeness (QED) is 0.776. The molecule has 0 aromatic heterocycles. The summed E-state index contributed by atoms with van der Waals surface area (Å²) < 4.78 is 0. The molecule has 0 aliphatic carbocycles. The fraction of sp³-hybridized carbons (Fsp3) is 0.143. The number of nitrogens with one attached hydrogen (secondary N) is 1. The number of nitrogens with two attached hydrogens (primary N) is 1. The molecule has 88 valence electrons. The van der Waals surface area contributed by atoms with Crippen LogP contribution in [0.5, 0.6) is 0 Å². The molecule has 17 heavy (non-hydrogen) atoms. The van der Waals surface area contributed by atoms with Crippen LogP contribution in [0.25, 0.3) is 0 Å². The van der Waals surface area contributed by atoms with Crippen molar-refractivity contribution < 1.29 is 0 Å². The Kier molecular flexibility index (Phi) is 3.25. The molecule has 2 rings (SSSR count). The topological polar surface area (TPSA) is 38.0 Å². The Morgan fingerprint density at radius 2 is 1.76 bits per heavy atom. The van der Waals surface area contributed by atoms with Gasteiger partial charge in [-0.2, -0.15) is 0 Å². The maximum atomic E-state index is 6.24. The molecule has 3 N–H and O–H groups in total. The van der Waals surface area contributed by atoms with E-state index in [2.05, 4.69) is 5.32 Å². The number of halogens is 1. The lowest BCUT2D eigenvalue weighted by atomic mass is 10.1. The standard InChI is InChI=1S/C14H15ClN2/c1-9-6-7-11(16)8-13(9)17-12-5-3-4-10(2)14(12)15/h3-8,17H,16H2,1-2H3. The lowest BCUT2D eigenvalue weighted by molar-refractivity contribution is 1.41. The maximum Gasteiger partial charge on any atom is 0.0670 e. The lowest BCUT2D eigenvalue weighted by Crippen LogP contribution is -1.96. The Morgan fingerprint density at radius 3 is 2.53 bits per heavy atom. The zero-order valence-electron chi connectivity index (χ0n) is 9.92. The molecule has 0 spiro atoms. The van der Waals surface area contributed by atoms with Gasteiger partial charge in [-0.15, -0.1) is 0 Å². The van der Waals surface area contributed by atoms with Gasteiger partial charge in [0.15, 0.2) is 0 Å². The first-order valence-electron chi connectivity index (χ1n) is 5.46. The van der Waals surface area contributed by atoms with Crippen LogP contribution in [-0.4, -0.2) is 0 Å². The van der Waals surface area contributed by atoms with E-state index < -0.39 is 0 Å². The molecule has 0 atom stereocenters. The van der Waals surface area contributed by atoms with Crippen molar-refractivity contribution in [3.8, 4) is 0 Å². The molecular weight excluding hydrogens is 232 g/mol. The molecule has 0 bridgehead atoms. The minimum Gasteiger partial charge on any atom is -0.399 e. The third-order valence-electron chi connectivity index (χ3n) is 2.72. The van der Waals surface area contributed by atoms with E-state index in [4.69, 9.17) is 17.3 Å². The van der Waals surface area contributed by atoms with Crippen LogP contribution in [0.1, 0.15) is 11.1 Å². The predicted octanol–water partition coefficient (Wildman–Crippen LogP) is 4.28. The van der Waals surface area contributed by atoms with E-state index in [1.165, 1.54) is 0 Å². The van der Waals surface area contributed by atoms with Gasteiger partial charge in [-0.3, -0.25) is 0 Å². The molecule has 0 saturated carbocycles. The van der Waals surface area contributed by atoms with Crippen LogP contribution in [0, 0.1) is 13.8 Å². The minimum atomic E-state index is 0.738. The number of nitrogen functional groups attached to an aromatic ring is 1. The first-order valence-corrected chi connectivity index (χ1v) is 5.84. The van der Waals surface area contributed by atoms with Crippen LogP contribution in [0.3, 0.4) is 0 Å². The second-order valence-electron chi connectivity index (χ2n) is 4.14. The molecule has 0 amide bonds. The first-order chi connectivity index (χ1) is 8.08. The van der Waals surface area contributed by atoms with Gasteiger partial charge < -0.3 is 11.1 Å². The third-order valence-corrected chi connectivity index (χ3v) is 3.22. The number of hydrogen-bond donors (Lipinski definition) is 2. The van der Waals surface area contributed by atoms with Crippen LogP contribution >= 0.6 is 11.6 Å². The van der Waals surface area contributed by atoms with E-state index >= 15 is 0 Å². The van der Waals surface area contributed by atoms with Crippen LogP contribution in [-0.2, 0) is 0 Å². The summed E-state index contributed by atoms with van der Waals surface area (Å²) in [6.07, 6.45) is 0. The van der Waals surface area contributed by atoms with Crippen molar-refractivity contribution in [3.05, 3.63) is 52.5 Å². The number of aryl methyl sites for hydroxylation is 2. The summed E-state index contributed by atoms with van der Waals surface area (Å²) in [4.78, 5) is 0. The molecule has 2 nitrogen and oxygen atoms in total. The van der Waals surface area contributed by atoms with E-state index in [0.717, 1.165) is 33.2 Å². The maximum absolute atomic E-state index is 6.24. The average molecular weight is 247 g/mol. The summed E-state index contributed by atoms with van der Waals surface area (Å²) in [5.74, 6) is 0. The van der Waals surface area contributed by atoms with Crippen molar-refractivity contribution >= 4 is 28.7 Å². The number of rotatable bonds is 2. The lowest BCUT2D eigenvalue weighted by Gasteiger charge is -2.12. The van der Waals surface area contributed by atoms with Crippen molar-refractivity contribution in [2.24, 2.45) is 0 Å². The van der Waals surface area contributed by atoms with E-state index in [1.807, 2.05) is 50.2 Å². The highest BCUT2D eigenvalue weighted by atomic mass is 35.5. The van der Waals surface area contributed by atoms with Crippen molar-refractivity contribution in [1.29, 1.82) is 0 Å². The second kappa shape index (κ2) is 4.68. The van der Waals surface area contributed by atoms with Crippen molar-refractivity contribution in [1.82, 2.24) is 0 Å². The Balaban J connectivity index is 2.38. The van der Waals surface area contributed by atoms with E-state index in [0.29, 0.717) is 0 Å². The van der Waals surface area contributed by atoms with E-state index in [9.17, 15) is 0 Å². The first kappa shape index (κ1) is 11.8. The zero-order valence-corrected chi connectivity index (χ0v) is 10.7. The molecular formula is C14H15ClN2. The van der Waals surface area contributed by atoms with E-state index in [-0.39, 0.29) is 0 Å². The van der Waals surface area contributed by atoms with Gasteiger partial charge in [0.1, 0.15) is 0 Å². The van der Waals surface area contributed by atoms with Gasteiger partial charge in [0.05, 0.1) is 10.7 Å². The third kappa shape index (κ3) is 2.53. The molecule has 0 aliphatic heterocycles. The molecule has 3 heteroatoms. The van der Waals surface area contributed by atoms with Gasteiger partial charge in [-0.1, -0.05) is 29.8 Å². The molecule has 0 aliphatic rings. The molecule has 2 aromatic carbocycles. The smallest absolute Gasteiger partial charge is 0.0670 e. The summed E-state index contributed by atoms with van der Waals surface area (Å²) >= 11 is 6.24. The summed E-state index contributed by atoms with van der Waals surface area (Å²) in [6, 6.07) is 11.7. The predicted molar refractivity (Wildman–Crippen MR) is 75.1 cm³/mol. The fourth-order valence-corrected chi connectivity index (χ4v) is 1.84. The van der Waals surface area contributed by atoms with Crippen LogP contribution in [0.4, 0.5) is 17.1 Å². The summed E-state index contributed by atoms with van der Waals surface area (Å²) in [6.45, 7) is 4.02. The largest absolute Gasteiger partial charge is 0.399 e. The SMILES string of the molecule is Cc1ccc(N)cc1Nc1cccc(C)c1Cl. The van der Waals surface area contributed by atoms with Crippen molar-refractivity contribution in [2.45, 2.75) is 13.8 Å². The summed E-state index contributed by atoms with van der Waals surface area (Å²) in [7, 11) is 0. The van der Waals surface area contributed by atoms with Gasteiger partial charge in [-0.05, 0) is 43.2 Å². The van der Waals surface area contributed by atoms with E-state index in [1.54, 1.807) is 0 Å². The molecule has 2 aromatic rings. The van der Waals surface area contributed by atoms with Gasteiger partial charge in [0.2, 0.25) is 0 Å². The molecule has 0 saturated heterocycles. The Hall–Kier alpha value is -1.67. The molecule has 0 radical (unpaired) electrons. The van der Waals surface area contributed by atoms with Gasteiger partial charge in [-0.25, -0.2) is 0 Å². The average Bonchev–Trinajstić information content (AvgIpc) is 2.30. The molecule has 0 fully saturated rings. The molecule has 0 heterocycles. The highest BCUT2D eigenvalue weighted by Gasteiger charge is 2.05. The minimum absolute atomic E-state index is 0.738.